The monoisotopic (exact) mass is 220 g/mol. The Morgan fingerprint density at radius 2 is 1.75 bits per heavy atom. The topological polar surface area (TPSA) is 15.3 Å². The van der Waals surface area contributed by atoms with Gasteiger partial charge in [0.15, 0.2) is 0 Å². The largest absolute Gasteiger partial charge is 0.318 e. The molecule has 1 aromatic carbocycles. The molecule has 1 unspecified atom stereocenters. The van der Waals surface area contributed by atoms with E-state index in [-0.39, 0.29) is 0 Å². The first-order valence-electron chi connectivity index (χ1n) is 6.09. The van der Waals surface area contributed by atoms with E-state index in [2.05, 4.69) is 61.3 Å². The van der Waals surface area contributed by atoms with Gasteiger partial charge in [-0.05, 0) is 33.4 Å². The first-order valence-corrected chi connectivity index (χ1v) is 6.09. The zero-order chi connectivity index (χ0) is 12.0. The standard InChI is InChI=1S/C14H24N2/c1-12(2)16(13(3)10-15-4)11-14-8-6-5-7-9-14/h5-9,12-13,15H,10-11H2,1-4H3. The molecule has 0 radical (unpaired) electrons. The van der Waals surface area contributed by atoms with Crippen LogP contribution in [-0.4, -0.2) is 30.6 Å². The minimum Gasteiger partial charge on any atom is -0.318 e. The molecule has 2 nitrogen and oxygen atoms in total. The molecule has 0 aliphatic rings. The van der Waals surface area contributed by atoms with Crippen molar-refractivity contribution in [1.29, 1.82) is 0 Å². The summed E-state index contributed by atoms with van der Waals surface area (Å²) in [6.07, 6.45) is 0. The summed E-state index contributed by atoms with van der Waals surface area (Å²) < 4.78 is 0. The van der Waals surface area contributed by atoms with Crippen molar-refractivity contribution >= 4 is 0 Å². The number of benzene rings is 1. The van der Waals surface area contributed by atoms with Crippen molar-refractivity contribution in [3.05, 3.63) is 35.9 Å². The highest BCUT2D eigenvalue weighted by Gasteiger charge is 2.16. The Morgan fingerprint density at radius 1 is 1.12 bits per heavy atom. The maximum Gasteiger partial charge on any atom is 0.0239 e. The van der Waals surface area contributed by atoms with Gasteiger partial charge in [0.1, 0.15) is 0 Å². The van der Waals surface area contributed by atoms with Gasteiger partial charge in [0, 0.05) is 25.2 Å². The fraction of sp³-hybridized carbons (Fsp3) is 0.571. The van der Waals surface area contributed by atoms with Gasteiger partial charge in [-0.15, -0.1) is 0 Å². The Morgan fingerprint density at radius 3 is 2.25 bits per heavy atom. The van der Waals surface area contributed by atoms with Crippen LogP contribution in [0.3, 0.4) is 0 Å². The molecule has 0 saturated carbocycles. The number of hydrogen-bond donors (Lipinski definition) is 1. The Balaban J connectivity index is 2.65. The van der Waals surface area contributed by atoms with Crippen molar-refractivity contribution < 1.29 is 0 Å². The lowest BCUT2D eigenvalue weighted by molar-refractivity contribution is 0.154. The number of rotatable bonds is 6. The maximum atomic E-state index is 3.25. The second-order valence-corrected chi connectivity index (χ2v) is 4.66. The number of likely N-dealkylation sites (N-methyl/N-ethyl adjacent to an activating group) is 1. The van der Waals surface area contributed by atoms with Gasteiger partial charge in [-0.1, -0.05) is 30.3 Å². The molecule has 0 fully saturated rings. The SMILES string of the molecule is CNCC(C)N(Cc1ccccc1)C(C)C. The number of nitrogens with one attached hydrogen (secondary N) is 1. The second-order valence-electron chi connectivity index (χ2n) is 4.66. The van der Waals surface area contributed by atoms with Crippen LogP contribution in [0.4, 0.5) is 0 Å². The third kappa shape index (κ3) is 3.95. The molecule has 0 heterocycles. The van der Waals surface area contributed by atoms with Crippen LogP contribution in [0.25, 0.3) is 0 Å². The van der Waals surface area contributed by atoms with E-state index in [1.54, 1.807) is 0 Å². The first kappa shape index (κ1) is 13.2. The van der Waals surface area contributed by atoms with Crippen LogP contribution in [0.1, 0.15) is 26.3 Å². The van der Waals surface area contributed by atoms with Crippen molar-refractivity contribution in [2.45, 2.75) is 39.4 Å². The average Bonchev–Trinajstić information content (AvgIpc) is 2.27. The molecule has 90 valence electrons. The van der Waals surface area contributed by atoms with E-state index in [0.717, 1.165) is 13.1 Å². The molecule has 0 saturated heterocycles. The molecule has 0 aromatic heterocycles. The molecule has 2 heteroatoms. The average molecular weight is 220 g/mol. The second kappa shape index (κ2) is 6.66. The Hall–Kier alpha value is -0.860. The summed E-state index contributed by atoms with van der Waals surface area (Å²) >= 11 is 0. The van der Waals surface area contributed by atoms with Gasteiger partial charge in [-0.2, -0.15) is 0 Å². The lowest BCUT2D eigenvalue weighted by Crippen LogP contribution is -2.43. The van der Waals surface area contributed by atoms with Crippen LogP contribution < -0.4 is 5.32 Å². The molecule has 0 aliphatic heterocycles. The van der Waals surface area contributed by atoms with E-state index in [0.29, 0.717) is 12.1 Å². The van der Waals surface area contributed by atoms with E-state index >= 15 is 0 Å². The summed E-state index contributed by atoms with van der Waals surface area (Å²) in [4.78, 5) is 2.52. The fourth-order valence-corrected chi connectivity index (χ4v) is 2.05. The van der Waals surface area contributed by atoms with E-state index in [9.17, 15) is 0 Å². The summed E-state index contributed by atoms with van der Waals surface area (Å²) in [5.74, 6) is 0. The molecular weight excluding hydrogens is 196 g/mol. The van der Waals surface area contributed by atoms with Gasteiger partial charge < -0.3 is 5.32 Å². The summed E-state index contributed by atoms with van der Waals surface area (Å²) in [7, 11) is 2.01. The van der Waals surface area contributed by atoms with Gasteiger partial charge in [-0.3, -0.25) is 4.90 Å². The van der Waals surface area contributed by atoms with Crippen LogP contribution >= 0.6 is 0 Å². The number of hydrogen-bond acceptors (Lipinski definition) is 2. The minimum atomic E-state index is 0.560. The highest BCUT2D eigenvalue weighted by Crippen LogP contribution is 2.11. The summed E-state index contributed by atoms with van der Waals surface area (Å²) in [5.41, 5.74) is 1.39. The lowest BCUT2D eigenvalue weighted by Gasteiger charge is -2.32. The third-order valence-corrected chi connectivity index (χ3v) is 2.94. The van der Waals surface area contributed by atoms with Gasteiger partial charge in [-0.25, -0.2) is 0 Å². The maximum absolute atomic E-state index is 3.25. The quantitative estimate of drug-likeness (QED) is 0.792. The lowest BCUT2D eigenvalue weighted by atomic mass is 10.1. The van der Waals surface area contributed by atoms with Crippen LogP contribution in [0.5, 0.6) is 0 Å². The molecule has 1 rings (SSSR count). The molecule has 16 heavy (non-hydrogen) atoms. The van der Waals surface area contributed by atoms with Crippen LogP contribution in [-0.2, 0) is 6.54 Å². The van der Waals surface area contributed by atoms with Crippen molar-refractivity contribution in [3.63, 3.8) is 0 Å². The van der Waals surface area contributed by atoms with Crippen LogP contribution in [0.2, 0.25) is 0 Å². The van der Waals surface area contributed by atoms with Crippen LogP contribution in [0.15, 0.2) is 30.3 Å². The van der Waals surface area contributed by atoms with Crippen molar-refractivity contribution in [2.75, 3.05) is 13.6 Å². The molecule has 0 amide bonds. The summed E-state index contributed by atoms with van der Waals surface area (Å²) in [6.45, 7) is 8.86. The summed E-state index contributed by atoms with van der Waals surface area (Å²) in [6, 6.07) is 11.8. The zero-order valence-electron chi connectivity index (χ0n) is 10.9. The van der Waals surface area contributed by atoms with Gasteiger partial charge in [0.05, 0.1) is 0 Å². The van der Waals surface area contributed by atoms with Crippen molar-refractivity contribution in [3.8, 4) is 0 Å². The first-order chi connectivity index (χ1) is 7.65. The molecule has 0 spiro atoms. The predicted octanol–water partition coefficient (Wildman–Crippen LogP) is 2.50. The summed E-state index contributed by atoms with van der Waals surface area (Å²) in [5, 5.41) is 3.25. The van der Waals surface area contributed by atoms with Crippen molar-refractivity contribution in [1.82, 2.24) is 10.2 Å². The third-order valence-electron chi connectivity index (χ3n) is 2.94. The van der Waals surface area contributed by atoms with Crippen molar-refractivity contribution in [2.24, 2.45) is 0 Å². The molecule has 1 atom stereocenters. The van der Waals surface area contributed by atoms with Gasteiger partial charge >= 0.3 is 0 Å². The van der Waals surface area contributed by atoms with Gasteiger partial charge in [0.25, 0.3) is 0 Å². The molecule has 1 N–H and O–H groups in total. The Kier molecular flexibility index (Phi) is 5.50. The number of nitrogens with zero attached hydrogens (tertiary/aromatic N) is 1. The Bertz CT molecular complexity index is 282. The molecular formula is C14H24N2. The fourth-order valence-electron chi connectivity index (χ4n) is 2.05. The minimum absolute atomic E-state index is 0.560. The van der Waals surface area contributed by atoms with E-state index in [1.165, 1.54) is 5.56 Å². The highest BCUT2D eigenvalue weighted by molar-refractivity contribution is 5.14. The molecule has 1 aromatic rings. The highest BCUT2D eigenvalue weighted by atomic mass is 15.2. The van der Waals surface area contributed by atoms with E-state index in [4.69, 9.17) is 0 Å². The van der Waals surface area contributed by atoms with E-state index in [1.807, 2.05) is 7.05 Å². The molecule has 0 bridgehead atoms. The zero-order valence-corrected chi connectivity index (χ0v) is 10.9. The predicted molar refractivity (Wildman–Crippen MR) is 70.5 cm³/mol. The van der Waals surface area contributed by atoms with E-state index < -0.39 is 0 Å². The van der Waals surface area contributed by atoms with Crippen LogP contribution in [0, 0.1) is 0 Å². The van der Waals surface area contributed by atoms with Gasteiger partial charge in [0.2, 0.25) is 0 Å². The smallest absolute Gasteiger partial charge is 0.0239 e. The normalized spacial score (nSPS) is 13.4. The molecule has 0 aliphatic carbocycles. The Labute approximate surface area is 99.7 Å².